The third kappa shape index (κ3) is 2.53. The number of piperazine rings is 1. The number of carbonyl (C=O) groups is 1. The summed E-state index contributed by atoms with van der Waals surface area (Å²) in [7, 11) is 0. The first-order valence-electron chi connectivity index (χ1n) is 7.31. The van der Waals surface area contributed by atoms with Gasteiger partial charge in [-0.2, -0.15) is 0 Å². The van der Waals surface area contributed by atoms with Gasteiger partial charge in [-0.3, -0.25) is 14.6 Å². The van der Waals surface area contributed by atoms with Crippen LogP contribution in [0.3, 0.4) is 0 Å². The Kier molecular flexibility index (Phi) is 3.82. The van der Waals surface area contributed by atoms with Crippen molar-refractivity contribution in [2.24, 2.45) is 0 Å². The van der Waals surface area contributed by atoms with E-state index >= 15 is 0 Å². The van der Waals surface area contributed by atoms with Crippen LogP contribution in [0.1, 0.15) is 19.3 Å². The van der Waals surface area contributed by atoms with Crippen LogP contribution in [-0.4, -0.2) is 73.6 Å². The summed E-state index contributed by atoms with van der Waals surface area (Å²) in [6.45, 7) is 7.58. The maximum absolute atomic E-state index is 12.0. The Bertz CT molecular complexity index is 297. The summed E-state index contributed by atoms with van der Waals surface area (Å²) >= 11 is 0. The Hall–Kier alpha value is -0.650. The lowest BCUT2D eigenvalue weighted by Gasteiger charge is -2.49. The Morgan fingerprint density at radius 1 is 1.00 bits per heavy atom. The van der Waals surface area contributed by atoms with Crippen LogP contribution in [0.4, 0.5) is 0 Å². The minimum absolute atomic E-state index is 0.145. The van der Waals surface area contributed by atoms with Crippen molar-refractivity contribution in [2.75, 3.05) is 45.8 Å². The predicted octanol–water partition coefficient (Wildman–Crippen LogP) is -0.755. The van der Waals surface area contributed by atoms with Crippen molar-refractivity contribution in [3.8, 4) is 0 Å². The standard InChI is InChI=1S/C13H24N4O/c18-13-12(3-1-2-4-15-13)17-9-11(10-17)16-7-5-14-6-8-16/h11-12,14H,1-10H2,(H,15,18). The number of nitrogens with one attached hydrogen (secondary N) is 2. The number of hydrogen-bond donors (Lipinski definition) is 2. The van der Waals surface area contributed by atoms with Crippen LogP contribution >= 0.6 is 0 Å². The summed E-state index contributed by atoms with van der Waals surface area (Å²) in [4.78, 5) is 16.9. The number of carbonyl (C=O) groups excluding carboxylic acids is 1. The molecule has 3 aliphatic rings. The van der Waals surface area contributed by atoms with Gasteiger partial charge in [0.1, 0.15) is 0 Å². The predicted molar refractivity (Wildman–Crippen MR) is 70.5 cm³/mol. The van der Waals surface area contributed by atoms with Gasteiger partial charge >= 0.3 is 0 Å². The van der Waals surface area contributed by atoms with Gasteiger partial charge in [-0.1, -0.05) is 0 Å². The van der Waals surface area contributed by atoms with Crippen molar-refractivity contribution in [2.45, 2.75) is 31.3 Å². The summed E-state index contributed by atoms with van der Waals surface area (Å²) in [6.07, 6.45) is 3.36. The minimum atomic E-state index is 0.145. The molecule has 5 nitrogen and oxygen atoms in total. The van der Waals surface area contributed by atoms with Crippen LogP contribution in [0.25, 0.3) is 0 Å². The van der Waals surface area contributed by atoms with Crippen molar-refractivity contribution in [3.05, 3.63) is 0 Å². The molecule has 0 radical (unpaired) electrons. The molecule has 3 aliphatic heterocycles. The molecule has 18 heavy (non-hydrogen) atoms. The van der Waals surface area contributed by atoms with Crippen LogP contribution in [0.5, 0.6) is 0 Å². The third-order valence-corrected chi connectivity index (χ3v) is 4.51. The summed E-state index contributed by atoms with van der Waals surface area (Å²) in [6, 6.07) is 0.829. The van der Waals surface area contributed by atoms with E-state index < -0.39 is 0 Å². The smallest absolute Gasteiger partial charge is 0.237 e. The topological polar surface area (TPSA) is 47.6 Å². The van der Waals surface area contributed by atoms with Gasteiger partial charge in [-0.15, -0.1) is 0 Å². The van der Waals surface area contributed by atoms with Gasteiger partial charge in [-0.25, -0.2) is 0 Å². The Morgan fingerprint density at radius 3 is 2.56 bits per heavy atom. The van der Waals surface area contributed by atoms with E-state index in [1.54, 1.807) is 0 Å². The second-order valence-corrected chi connectivity index (χ2v) is 5.70. The average molecular weight is 252 g/mol. The second kappa shape index (κ2) is 5.55. The Morgan fingerprint density at radius 2 is 1.78 bits per heavy atom. The highest BCUT2D eigenvalue weighted by Gasteiger charge is 2.38. The molecular weight excluding hydrogens is 228 g/mol. The molecular formula is C13H24N4O. The molecule has 1 atom stereocenters. The van der Waals surface area contributed by atoms with E-state index in [4.69, 9.17) is 0 Å². The molecule has 3 fully saturated rings. The first kappa shape index (κ1) is 12.4. The van der Waals surface area contributed by atoms with Gasteiger partial charge in [0.25, 0.3) is 0 Å². The molecule has 5 heteroatoms. The lowest BCUT2D eigenvalue weighted by molar-refractivity contribution is -0.129. The van der Waals surface area contributed by atoms with E-state index in [-0.39, 0.29) is 11.9 Å². The molecule has 3 rings (SSSR count). The molecule has 1 amide bonds. The second-order valence-electron chi connectivity index (χ2n) is 5.70. The molecule has 0 aromatic rings. The highest BCUT2D eigenvalue weighted by Crippen LogP contribution is 2.22. The van der Waals surface area contributed by atoms with Crippen LogP contribution in [0, 0.1) is 0 Å². The number of hydrogen-bond acceptors (Lipinski definition) is 4. The van der Waals surface area contributed by atoms with Gasteiger partial charge in [0.2, 0.25) is 5.91 Å². The number of amides is 1. The zero-order valence-corrected chi connectivity index (χ0v) is 11.0. The normalized spacial score (nSPS) is 32.7. The average Bonchev–Trinajstić information content (AvgIpc) is 2.55. The quantitative estimate of drug-likeness (QED) is 0.678. The Labute approximate surface area is 109 Å². The van der Waals surface area contributed by atoms with E-state index in [1.165, 1.54) is 6.42 Å². The van der Waals surface area contributed by atoms with E-state index in [2.05, 4.69) is 20.4 Å². The SMILES string of the molecule is O=C1NCCCCC1N1CC(N2CCNCC2)C1. The Balaban J connectivity index is 1.49. The monoisotopic (exact) mass is 252 g/mol. The van der Waals surface area contributed by atoms with Crippen LogP contribution in [-0.2, 0) is 4.79 Å². The minimum Gasteiger partial charge on any atom is -0.355 e. The van der Waals surface area contributed by atoms with Crippen LogP contribution in [0.2, 0.25) is 0 Å². The van der Waals surface area contributed by atoms with E-state index in [1.807, 2.05) is 0 Å². The summed E-state index contributed by atoms with van der Waals surface area (Å²) in [5.41, 5.74) is 0. The van der Waals surface area contributed by atoms with Gasteiger partial charge in [0.05, 0.1) is 6.04 Å². The van der Waals surface area contributed by atoms with Crippen molar-refractivity contribution in [1.82, 2.24) is 20.4 Å². The van der Waals surface area contributed by atoms with Gasteiger partial charge in [-0.05, 0) is 19.3 Å². The largest absolute Gasteiger partial charge is 0.355 e. The third-order valence-electron chi connectivity index (χ3n) is 4.51. The van der Waals surface area contributed by atoms with Crippen molar-refractivity contribution < 1.29 is 4.79 Å². The van der Waals surface area contributed by atoms with Crippen molar-refractivity contribution in [1.29, 1.82) is 0 Å². The van der Waals surface area contributed by atoms with Crippen molar-refractivity contribution in [3.63, 3.8) is 0 Å². The maximum Gasteiger partial charge on any atom is 0.237 e. The van der Waals surface area contributed by atoms with Crippen molar-refractivity contribution >= 4 is 5.91 Å². The highest BCUT2D eigenvalue weighted by atomic mass is 16.2. The number of likely N-dealkylation sites (tertiary alicyclic amines) is 1. The molecule has 2 N–H and O–H groups in total. The van der Waals surface area contributed by atoms with Crippen LogP contribution in [0.15, 0.2) is 0 Å². The zero-order valence-electron chi connectivity index (χ0n) is 11.0. The molecule has 102 valence electrons. The molecule has 1 unspecified atom stereocenters. The van der Waals surface area contributed by atoms with E-state index in [9.17, 15) is 4.79 Å². The van der Waals surface area contributed by atoms with E-state index in [0.29, 0.717) is 6.04 Å². The molecule has 3 saturated heterocycles. The molecule has 0 aromatic carbocycles. The zero-order chi connectivity index (χ0) is 12.4. The fourth-order valence-electron chi connectivity index (χ4n) is 3.29. The molecule has 0 spiro atoms. The highest BCUT2D eigenvalue weighted by molar-refractivity contribution is 5.82. The summed E-state index contributed by atoms with van der Waals surface area (Å²) in [5.74, 6) is 0.256. The van der Waals surface area contributed by atoms with Crippen LogP contribution < -0.4 is 10.6 Å². The molecule has 0 aliphatic carbocycles. The first-order valence-corrected chi connectivity index (χ1v) is 7.31. The molecule has 0 aromatic heterocycles. The fraction of sp³-hybridized carbons (Fsp3) is 0.923. The lowest BCUT2D eigenvalue weighted by Crippen LogP contribution is -2.66. The van der Waals surface area contributed by atoms with Gasteiger partial charge in [0, 0.05) is 51.9 Å². The summed E-state index contributed by atoms with van der Waals surface area (Å²) in [5, 5.41) is 6.42. The summed E-state index contributed by atoms with van der Waals surface area (Å²) < 4.78 is 0. The molecule has 0 bridgehead atoms. The molecule has 3 heterocycles. The van der Waals surface area contributed by atoms with Gasteiger partial charge < -0.3 is 10.6 Å². The number of rotatable bonds is 2. The lowest BCUT2D eigenvalue weighted by atomic mass is 9.99. The number of nitrogens with zero attached hydrogens (tertiary/aromatic N) is 2. The van der Waals surface area contributed by atoms with E-state index in [0.717, 1.165) is 58.7 Å². The fourth-order valence-corrected chi connectivity index (χ4v) is 3.29. The van der Waals surface area contributed by atoms with Gasteiger partial charge in [0.15, 0.2) is 0 Å². The first-order chi connectivity index (χ1) is 8.84. The maximum atomic E-state index is 12.0. The molecule has 0 saturated carbocycles.